The molecule has 1 N–H and O–H groups in total. The predicted octanol–water partition coefficient (Wildman–Crippen LogP) is 3.76. The minimum Gasteiger partial charge on any atom is -0.465 e. The lowest BCUT2D eigenvalue weighted by atomic mass is 9.99. The van der Waals surface area contributed by atoms with Gasteiger partial charge >= 0.3 is 17.9 Å². The molecule has 0 saturated carbocycles. The standard InChI is InChI=1S/C21H23NO7S2/c1-4-28-21(26)17-11(2)16(20(25)27-3)18(31-17)22-15(23)10-29-19(24)14-9-12-7-5-6-8-13(12)30-14/h9H,4-8,10H2,1-3H3,(H,22,23). The zero-order chi connectivity index (χ0) is 22.5. The van der Waals surface area contributed by atoms with Gasteiger partial charge in [-0.15, -0.1) is 22.7 Å². The maximum Gasteiger partial charge on any atom is 0.348 e. The van der Waals surface area contributed by atoms with Crippen molar-refractivity contribution in [3.63, 3.8) is 0 Å². The van der Waals surface area contributed by atoms with Gasteiger partial charge in [0.15, 0.2) is 6.61 Å². The maximum absolute atomic E-state index is 12.4. The predicted molar refractivity (Wildman–Crippen MR) is 116 cm³/mol. The van der Waals surface area contributed by atoms with Crippen LogP contribution < -0.4 is 5.32 Å². The van der Waals surface area contributed by atoms with Crippen LogP contribution in [0.1, 0.15) is 65.5 Å². The second kappa shape index (κ2) is 10.1. The van der Waals surface area contributed by atoms with Crippen molar-refractivity contribution in [1.29, 1.82) is 0 Å². The quantitative estimate of drug-likeness (QED) is 0.490. The van der Waals surface area contributed by atoms with Gasteiger partial charge < -0.3 is 19.5 Å². The number of carbonyl (C=O) groups is 4. The van der Waals surface area contributed by atoms with Gasteiger partial charge in [-0.3, -0.25) is 4.79 Å². The summed E-state index contributed by atoms with van der Waals surface area (Å²) in [7, 11) is 1.21. The highest BCUT2D eigenvalue weighted by atomic mass is 32.1. The summed E-state index contributed by atoms with van der Waals surface area (Å²) in [6.45, 7) is 2.90. The first kappa shape index (κ1) is 23.0. The van der Waals surface area contributed by atoms with Crippen LogP contribution in [0.4, 0.5) is 5.00 Å². The fourth-order valence-electron chi connectivity index (χ4n) is 3.30. The number of thiophene rings is 2. The number of rotatable bonds is 7. The van der Waals surface area contributed by atoms with Gasteiger partial charge in [0.05, 0.1) is 19.3 Å². The van der Waals surface area contributed by atoms with Crippen molar-refractivity contribution in [2.45, 2.75) is 39.5 Å². The van der Waals surface area contributed by atoms with E-state index in [4.69, 9.17) is 14.2 Å². The molecule has 0 saturated heterocycles. The smallest absolute Gasteiger partial charge is 0.348 e. The first-order chi connectivity index (χ1) is 14.8. The molecule has 0 fully saturated rings. The molecule has 1 aliphatic rings. The van der Waals surface area contributed by atoms with Crippen molar-refractivity contribution in [1.82, 2.24) is 0 Å². The second-order valence-electron chi connectivity index (χ2n) is 6.86. The van der Waals surface area contributed by atoms with Crippen LogP contribution in [0, 0.1) is 6.92 Å². The number of amides is 1. The van der Waals surface area contributed by atoms with E-state index >= 15 is 0 Å². The Labute approximate surface area is 187 Å². The van der Waals surface area contributed by atoms with E-state index in [-0.39, 0.29) is 22.0 Å². The van der Waals surface area contributed by atoms with Gasteiger partial charge in [0.2, 0.25) is 0 Å². The molecule has 166 valence electrons. The maximum atomic E-state index is 12.4. The number of aryl methyl sites for hydroxylation is 2. The Bertz CT molecular complexity index is 998. The molecule has 0 spiro atoms. The van der Waals surface area contributed by atoms with E-state index in [9.17, 15) is 19.2 Å². The van der Waals surface area contributed by atoms with E-state index < -0.39 is 30.4 Å². The Morgan fingerprint density at radius 3 is 2.45 bits per heavy atom. The van der Waals surface area contributed by atoms with E-state index in [1.54, 1.807) is 13.8 Å². The normalized spacial score (nSPS) is 12.6. The number of hydrogen-bond acceptors (Lipinski definition) is 9. The molecule has 1 aliphatic carbocycles. The summed E-state index contributed by atoms with van der Waals surface area (Å²) in [5, 5.41) is 2.68. The molecule has 1 amide bonds. The van der Waals surface area contributed by atoms with Gasteiger partial charge in [-0.2, -0.15) is 0 Å². The molecule has 31 heavy (non-hydrogen) atoms. The third-order valence-electron chi connectivity index (χ3n) is 4.78. The average molecular weight is 466 g/mol. The first-order valence-corrected chi connectivity index (χ1v) is 11.5. The van der Waals surface area contributed by atoms with E-state index in [0.29, 0.717) is 10.4 Å². The molecular formula is C21H23NO7S2. The SMILES string of the molecule is CCOC(=O)c1sc(NC(=O)COC(=O)c2cc3c(s2)CCCC3)c(C(=O)OC)c1C. The van der Waals surface area contributed by atoms with Crippen LogP contribution in [0.15, 0.2) is 6.07 Å². The summed E-state index contributed by atoms with van der Waals surface area (Å²) < 4.78 is 14.9. The largest absolute Gasteiger partial charge is 0.465 e. The highest BCUT2D eigenvalue weighted by molar-refractivity contribution is 7.18. The third-order valence-corrected chi connectivity index (χ3v) is 7.19. The number of nitrogens with one attached hydrogen (secondary N) is 1. The van der Waals surface area contributed by atoms with Crippen molar-refractivity contribution in [2.24, 2.45) is 0 Å². The van der Waals surface area contributed by atoms with Crippen LogP contribution in [0.3, 0.4) is 0 Å². The topological polar surface area (TPSA) is 108 Å². The van der Waals surface area contributed by atoms with Gasteiger partial charge in [-0.1, -0.05) is 0 Å². The van der Waals surface area contributed by atoms with Crippen LogP contribution in [0.25, 0.3) is 0 Å². The number of fused-ring (bicyclic) bond motifs is 1. The van der Waals surface area contributed by atoms with Crippen LogP contribution in [0.5, 0.6) is 0 Å². The Morgan fingerprint density at radius 1 is 1.03 bits per heavy atom. The fraction of sp³-hybridized carbons (Fsp3) is 0.429. The zero-order valence-electron chi connectivity index (χ0n) is 17.5. The van der Waals surface area contributed by atoms with Crippen LogP contribution >= 0.6 is 22.7 Å². The van der Waals surface area contributed by atoms with Crippen molar-refractivity contribution < 1.29 is 33.4 Å². The molecule has 0 radical (unpaired) electrons. The highest BCUT2D eigenvalue weighted by Gasteiger charge is 2.27. The number of hydrogen-bond donors (Lipinski definition) is 1. The average Bonchev–Trinajstić information content (AvgIpc) is 3.33. The number of methoxy groups -OCH3 is 1. The number of esters is 3. The molecule has 0 aliphatic heterocycles. The lowest BCUT2D eigenvalue weighted by molar-refractivity contribution is -0.119. The molecule has 0 bridgehead atoms. The van der Waals surface area contributed by atoms with Gasteiger partial charge in [-0.25, -0.2) is 14.4 Å². The van der Waals surface area contributed by atoms with Gasteiger partial charge in [-0.05, 0) is 56.7 Å². The number of anilines is 1. The molecule has 2 aromatic heterocycles. The summed E-state index contributed by atoms with van der Waals surface area (Å²) in [6.07, 6.45) is 4.14. The summed E-state index contributed by atoms with van der Waals surface area (Å²) in [6, 6.07) is 1.84. The van der Waals surface area contributed by atoms with Gasteiger partial charge in [0, 0.05) is 4.88 Å². The second-order valence-corrected chi connectivity index (χ2v) is 9.02. The summed E-state index contributed by atoms with van der Waals surface area (Å²) in [4.78, 5) is 50.9. The van der Waals surface area contributed by atoms with E-state index in [2.05, 4.69) is 5.32 Å². The highest BCUT2D eigenvalue weighted by Crippen LogP contribution is 2.34. The van der Waals surface area contributed by atoms with Crippen molar-refractivity contribution >= 4 is 51.5 Å². The van der Waals surface area contributed by atoms with Crippen molar-refractivity contribution in [3.05, 3.63) is 37.4 Å². The van der Waals surface area contributed by atoms with Gasteiger partial charge in [0.25, 0.3) is 5.91 Å². The first-order valence-electron chi connectivity index (χ1n) is 9.83. The van der Waals surface area contributed by atoms with Gasteiger partial charge in [0.1, 0.15) is 14.8 Å². The zero-order valence-corrected chi connectivity index (χ0v) is 19.1. The van der Waals surface area contributed by atoms with Crippen LogP contribution in [-0.2, 0) is 31.8 Å². The molecule has 0 aromatic carbocycles. The molecule has 10 heteroatoms. The molecule has 0 unspecified atom stereocenters. The Hall–Kier alpha value is -2.72. The van der Waals surface area contributed by atoms with E-state index in [1.807, 2.05) is 6.07 Å². The Balaban J connectivity index is 1.68. The Morgan fingerprint density at radius 2 is 1.77 bits per heavy atom. The lowest BCUT2D eigenvalue weighted by Gasteiger charge is -2.08. The van der Waals surface area contributed by atoms with E-state index in [1.165, 1.54) is 28.9 Å². The molecule has 3 rings (SSSR count). The van der Waals surface area contributed by atoms with Crippen LogP contribution in [0.2, 0.25) is 0 Å². The fourth-order valence-corrected chi connectivity index (χ4v) is 5.55. The van der Waals surface area contributed by atoms with E-state index in [0.717, 1.165) is 37.0 Å². The summed E-state index contributed by atoms with van der Waals surface area (Å²) >= 11 is 2.31. The Kier molecular flexibility index (Phi) is 7.45. The minimum absolute atomic E-state index is 0.0705. The molecule has 8 nitrogen and oxygen atoms in total. The minimum atomic E-state index is -0.694. The molecule has 2 aromatic rings. The summed E-state index contributed by atoms with van der Waals surface area (Å²) in [5.74, 6) is -2.47. The monoisotopic (exact) mass is 465 g/mol. The number of ether oxygens (including phenoxy) is 3. The van der Waals surface area contributed by atoms with Crippen molar-refractivity contribution in [3.8, 4) is 0 Å². The molecule has 0 atom stereocenters. The molecular weight excluding hydrogens is 442 g/mol. The van der Waals surface area contributed by atoms with Crippen LogP contribution in [-0.4, -0.2) is 44.1 Å². The lowest BCUT2D eigenvalue weighted by Crippen LogP contribution is -2.21. The number of carbonyl (C=O) groups excluding carboxylic acids is 4. The third kappa shape index (κ3) is 5.13. The van der Waals surface area contributed by atoms with Crippen molar-refractivity contribution in [2.75, 3.05) is 25.6 Å². The molecule has 2 heterocycles. The summed E-state index contributed by atoms with van der Waals surface area (Å²) in [5.41, 5.74) is 1.60.